The van der Waals surface area contributed by atoms with Crippen LogP contribution in [0.15, 0.2) is 0 Å². The largest absolute Gasteiger partial charge is 0.391 e. The van der Waals surface area contributed by atoms with Gasteiger partial charge in [-0.3, -0.25) is 0 Å². The zero-order valence-electron chi connectivity index (χ0n) is 4.97. The molecule has 0 atom stereocenters. The van der Waals surface area contributed by atoms with Gasteiger partial charge in [0, 0.05) is 1.43 Å². The van der Waals surface area contributed by atoms with E-state index in [1.807, 2.05) is 0 Å². The Kier molecular flexibility index (Phi) is 5.78. The van der Waals surface area contributed by atoms with Gasteiger partial charge < -0.3 is 10.3 Å². The van der Waals surface area contributed by atoms with Gasteiger partial charge in [-0.2, -0.15) is 0 Å². The zero-order chi connectivity index (χ0) is 6.50. The van der Waals surface area contributed by atoms with Crippen LogP contribution in [0.3, 0.4) is 0 Å². The van der Waals surface area contributed by atoms with E-state index in [9.17, 15) is 0 Å². The Hall–Kier alpha value is -0.120. The third-order valence-electron chi connectivity index (χ3n) is 0. The van der Waals surface area contributed by atoms with Gasteiger partial charge in [0.25, 0.3) is 0 Å². The topological polar surface area (TPSA) is 66.5 Å². The van der Waals surface area contributed by atoms with E-state index < -0.39 is 5.60 Å². The molecule has 0 bridgehead atoms. The molecule has 0 radical (unpaired) electrons. The van der Waals surface area contributed by atoms with Crippen molar-refractivity contribution in [2.24, 2.45) is 5.90 Å². The molecule has 3 heteroatoms. The van der Waals surface area contributed by atoms with Gasteiger partial charge in [-0.05, 0) is 20.8 Å². The fraction of sp³-hybridized carbons (Fsp3) is 1.00. The van der Waals surface area contributed by atoms with Crippen LogP contribution in [0.4, 0.5) is 0 Å². The summed E-state index contributed by atoms with van der Waals surface area (Å²) >= 11 is 0. The molecule has 4 N–H and O–H groups in total. The van der Waals surface area contributed by atoms with Crippen LogP contribution in [0.25, 0.3) is 0 Å². The number of nitrogens with two attached hydrogens (primary N) is 1. The van der Waals surface area contributed by atoms with Crippen molar-refractivity contribution in [3.8, 4) is 0 Å². The smallest absolute Gasteiger partial charge is 0.0563 e. The van der Waals surface area contributed by atoms with Crippen LogP contribution >= 0.6 is 0 Å². The van der Waals surface area contributed by atoms with Crippen LogP contribution in [0.1, 0.15) is 22.2 Å². The highest BCUT2D eigenvalue weighted by Crippen LogP contribution is 1.93. The molecule has 0 aliphatic carbocycles. The fourth-order valence-corrected chi connectivity index (χ4v) is 0. The first-order valence-electron chi connectivity index (χ1n) is 1.98. The summed E-state index contributed by atoms with van der Waals surface area (Å²) in [5.41, 5.74) is -0.500. The second-order valence-corrected chi connectivity index (χ2v) is 2.17. The maximum absolute atomic E-state index is 8.52. The van der Waals surface area contributed by atoms with Gasteiger partial charge in [-0.1, -0.05) is 0 Å². The van der Waals surface area contributed by atoms with E-state index in [1.165, 1.54) is 0 Å². The summed E-state index contributed by atoms with van der Waals surface area (Å²) in [6.07, 6.45) is 0. The van der Waals surface area contributed by atoms with Gasteiger partial charge in [-0.25, -0.2) is 5.90 Å². The predicted molar refractivity (Wildman–Crippen MR) is 30.1 cm³/mol. The average Bonchev–Trinajstić information content (AvgIpc) is 1.36. The minimum atomic E-state index is -0.500. The number of rotatable bonds is 0. The van der Waals surface area contributed by atoms with Gasteiger partial charge >= 0.3 is 0 Å². The second kappa shape index (κ2) is 4.05. The molecular weight excluding hydrogens is 94.0 g/mol. The van der Waals surface area contributed by atoms with Gasteiger partial charge in [-0.15, -0.1) is 0 Å². The van der Waals surface area contributed by atoms with Crippen molar-refractivity contribution in [3.05, 3.63) is 0 Å². The Labute approximate surface area is 45.2 Å². The molecule has 7 heavy (non-hydrogen) atoms. The van der Waals surface area contributed by atoms with E-state index in [0.717, 1.165) is 0 Å². The quantitative estimate of drug-likeness (QED) is 0.393. The first-order valence-corrected chi connectivity index (χ1v) is 1.98. The zero-order valence-corrected chi connectivity index (χ0v) is 4.97. The maximum Gasteiger partial charge on any atom is 0.0563 e. The Morgan fingerprint density at radius 3 is 1.29 bits per heavy atom. The van der Waals surface area contributed by atoms with Crippen LogP contribution in [0.2, 0.25) is 0 Å². The second-order valence-electron chi connectivity index (χ2n) is 2.17. The number of hydrogen-bond donors (Lipinski definition) is 3. The third-order valence-corrected chi connectivity index (χ3v) is 0. The summed E-state index contributed by atoms with van der Waals surface area (Å²) in [6.45, 7) is 5.23. The van der Waals surface area contributed by atoms with E-state index >= 15 is 0 Å². The summed E-state index contributed by atoms with van der Waals surface area (Å²) in [6, 6.07) is 0. The van der Waals surface area contributed by atoms with Crippen molar-refractivity contribution in [1.29, 1.82) is 0 Å². The van der Waals surface area contributed by atoms with Crippen LogP contribution in [-0.2, 0) is 0 Å². The standard InChI is InChI=1S/C4H10O.H3NO.H2/c1-4(2,3)5;1-2;/h5H,1-3H3;2H,1H2;1H. The van der Waals surface area contributed by atoms with Gasteiger partial charge in [0.1, 0.15) is 0 Å². The SMILES string of the molecule is CC(C)(C)O.NO.[HH]. The molecule has 3 nitrogen and oxygen atoms in total. The molecule has 0 spiro atoms. The van der Waals surface area contributed by atoms with Crippen molar-refractivity contribution >= 4 is 0 Å². The first kappa shape index (κ1) is 9.99. The highest BCUT2D eigenvalue weighted by atomic mass is 16.4. The molecular formula is C4H15NO2. The summed E-state index contributed by atoms with van der Waals surface area (Å²) < 4.78 is 0. The highest BCUT2D eigenvalue weighted by molar-refractivity contribution is 4.50. The minimum absolute atomic E-state index is 0. The Balaban J connectivity index is -0.0000000750. The van der Waals surface area contributed by atoms with Crippen LogP contribution < -0.4 is 5.90 Å². The van der Waals surface area contributed by atoms with Crippen molar-refractivity contribution in [2.45, 2.75) is 26.4 Å². The third kappa shape index (κ3) is 6150. The Morgan fingerprint density at radius 2 is 1.29 bits per heavy atom. The lowest BCUT2D eigenvalue weighted by Gasteiger charge is -2.04. The molecule has 0 unspecified atom stereocenters. The lowest BCUT2D eigenvalue weighted by Crippen LogP contribution is -2.10. The van der Waals surface area contributed by atoms with E-state index in [-0.39, 0.29) is 1.43 Å². The molecule has 0 aromatic rings. The highest BCUT2D eigenvalue weighted by Gasteiger charge is 1.97. The molecule has 0 aliphatic rings. The summed E-state index contributed by atoms with van der Waals surface area (Å²) in [5.74, 6) is 3.50. The van der Waals surface area contributed by atoms with E-state index in [1.54, 1.807) is 20.8 Å². The molecule has 0 rings (SSSR count). The predicted octanol–water partition coefficient (Wildman–Crippen LogP) is 0.357. The molecule has 0 aromatic heterocycles. The molecule has 0 heterocycles. The maximum atomic E-state index is 8.52. The van der Waals surface area contributed by atoms with Crippen molar-refractivity contribution in [2.75, 3.05) is 0 Å². The molecule has 0 saturated carbocycles. The number of aliphatic hydroxyl groups is 1. The summed E-state index contributed by atoms with van der Waals surface area (Å²) in [5, 5.41) is 15.0. The monoisotopic (exact) mass is 109 g/mol. The summed E-state index contributed by atoms with van der Waals surface area (Å²) in [7, 11) is 0. The average molecular weight is 109 g/mol. The van der Waals surface area contributed by atoms with Crippen LogP contribution in [0, 0.1) is 0 Å². The van der Waals surface area contributed by atoms with Crippen molar-refractivity contribution in [1.82, 2.24) is 0 Å². The van der Waals surface area contributed by atoms with Gasteiger partial charge in [0.2, 0.25) is 0 Å². The Morgan fingerprint density at radius 1 is 1.29 bits per heavy atom. The van der Waals surface area contributed by atoms with E-state index in [4.69, 9.17) is 10.3 Å². The van der Waals surface area contributed by atoms with Crippen molar-refractivity contribution in [3.63, 3.8) is 0 Å². The lowest BCUT2D eigenvalue weighted by atomic mass is 10.2. The molecule has 0 aromatic carbocycles. The summed E-state index contributed by atoms with van der Waals surface area (Å²) in [4.78, 5) is 0. The molecule has 0 saturated heterocycles. The number of hydrogen-bond acceptors (Lipinski definition) is 3. The molecule has 0 aliphatic heterocycles. The normalized spacial score (nSPS) is 9.43. The van der Waals surface area contributed by atoms with Gasteiger partial charge in [0.05, 0.1) is 5.60 Å². The minimum Gasteiger partial charge on any atom is -0.391 e. The Bertz CT molecular complexity index is 29.5. The molecule has 48 valence electrons. The lowest BCUT2D eigenvalue weighted by molar-refractivity contribution is 0.102. The van der Waals surface area contributed by atoms with E-state index in [0.29, 0.717) is 0 Å². The van der Waals surface area contributed by atoms with Crippen LogP contribution in [-0.4, -0.2) is 15.9 Å². The molecule has 0 amide bonds. The van der Waals surface area contributed by atoms with Gasteiger partial charge in [0.15, 0.2) is 0 Å². The first-order chi connectivity index (χ1) is 3.00. The fourth-order valence-electron chi connectivity index (χ4n) is 0. The van der Waals surface area contributed by atoms with Crippen molar-refractivity contribution < 1.29 is 11.7 Å². The van der Waals surface area contributed by atoms with E-state index in [2.05, 4.69) is 5.90 Å². The van der Waals surface area contributed by atoms with Crippen LogP contribution in [0.5, 0.6) is 0 Å². The molecule has 0 fully saturated rings.